The van der Waals surface area contributed by atoms with Crippen LogP contribution in [-0.4, -0.2) is 69.4 Å². The first kappa shape index (κ1) is 82.2. The van der Waals surface area contributed by atoms with Crippen LogP contribution in [0.1, 0.15) is 329 Å². The zero-order valence-electron chi connectivity index (χ0n) is 56.6. The Bertz CT molecular complexity index is 1730. The van der Waals surface area contributed by atoms with Gasteiger partial charge in [-0.25, -0.2) is 0 Å². The average molecular weight is 1210 g/mol. The minimum absolute atomic E-state index is 0.0263. The van der Waals surface area contributed by atoms with Gasteiger partial charge in [0.1, 0.15) is 19.3 Å². The predicted octanol–water partition coefficient (Wildman–Crippen LogP) is 22.3. The number of rotatable bonds is 65. The highest BCUT2D eigenvalue weighted by atomic mass is 31.2. The van der Waals surface area contributed by atoms with Crippen molar-refractivity contribution < 1.29 is 37.3 Å². The molecule has 0 radical (unpaired) electrons. The number of nitrogens with zero attached hydrogens (tertiary/aromatic N) is 1. The number of unbranched alkanes of at least 4 members (excludes halogenated alkanes) is 37. The van der Waals surface area contributed by atoms with Crippen LogP contribution in [0.5, 0.6) is 0 Å². The van der Waals surface area contributed by atoms with Crippen molar-refractivity contribution in [2.45, 2.75) is 341 Å². The molecule has 1 N–H and O–H groups in total. The summed E-state index contributed by atoms with van der Waals surface area (Å²) in [5.74, 6) is -0.547. The van der Waals surface area contributed by atoms with E-state index in [9.17, 15) is 19.0 Å². The summed E-state index contributed by atoms with van der Waals surface area (Å²) in [5.41, 5.74) is 0. The number of phosphoric ester groups is 1. The Morgan fingerprint density at radius 1 is 0.424 bits per heavy atom. The zero-order chi connectivity index (χ0) is 62.1. The second-order valence-electron chi connectivity index (χ2n) is 25.4. The summed E-state index contributed by atoms with van der Waals surface area (Å²) in [5, 5.41) is 3.04. The van der Waals surface area contributed by atoms with Crippen LogP contribution in [0.15, 0.2) is 85.1 Å². The van der Waals surface area contributed by atoms with Crippen molar-refractivity contribution in [3.8, 4) is 0 Å². The number of esters is 1. The Hall–Kier alpha value is -2.81. The molecule has 0 rings (SSSR count). The lowest BCUT2D eigenvalue weighted by Gasteiger charge is -2.30. The van der Waals surface area contributed by atoms with E-state index in [2.05, 4.69) is 99.0 Å². The van der Waals surface area contributed by atoms with Crippen LogP contribution < -0.4 is 10.2 Å². The average Bonchev–Trinajstić information content (AvgIpc) is 3.48. The first-order valence-corrected chi connectivity index (χ1v) is 37.4. The summed E-state index contributed by atoms with van der Waals surface area (Å²) in [6.07, 6.45) is 85.6. The van der Waals surface area contributed by atoms with Gasteiger partial charge in [-0.2, -0.15) is 0 Å². The summed E-state index contributed by atoms with van der Waals surface area (Å²) in [6, 6.07) is -0.898. The fourth-order valence-corrected chi connectivity index (χ4v) is 11.1. The quantitative estimate of drug-likeness (QED) is 0.0212. The molecule has 0 aliphatic rings. The lowest BCUT2D eigenvalue weighted by atomic mass is 10.0. The molecule has 3 unspecified atom stereocenters. The van der Waals surface area contributed by atoms with Crippen LogP contribution in [0, 0.1) is 0 Å². The topological polar surface area (TPSA) is 114 Å². The molecule has 0 saturated carbocycles. The molecule has 0 aromatic heterocycles. The highest BCUT2D eigenvalue weighted by molar-refractivity contribution is 7.45. The molecule has 85 heavy (non-hydrogen) atoms. The third kappa shape index (κ3) is 65.5. The Morgan fingerprint density at radius 3 is 1.13 bits per heavy atom. The van der Waals surface area contributed by atoms with Crippen LogP contribution in [0.4, 0.5) is 0 Å². The van der Waals surface area contributed by atoms with E-state index in [0.717, 1.165) is 116 Å². The fraction of sp³-hybridized carbons (Fsp3) is 0.787. The van der Waals surface area contributed by atoms with Gasteiger partial charge in [0.2, 0.25) is 5.91 Å². The molecule has 494 valence electrons. The maximum atomic E-state index is 13.6. The zero-order valence-corrected chi connectivity index (χ0v) is 57.4. The number of amides is 1. The van der Waals surface area contributed by atoms with E-state index < -0.39 is 26.6 Å². The Kier molecular flexibility index (Phi) is 62.1. The van der Waals surface area contributed by atoms with E-state index in [1.54, 1.807) is 0 Å². The molecule has 0 aromatic rings. The van der Waals surface area contributed by atoms with Crippen LogP contribution in [0.2, 0.25) is 0 Å². The van der Waals surface area contributed by atoms with E-state index in [-0.39, 0.29) is 24.9 Å². The molecule has 0 saturated heterocycles. The monoisotopic (exact) mass is 1210 g/mol. The lowest BCUT2D eigenvalue weighted by molar-refractivity contribution is -0.870. The number of carbonyl (C=O) groups is 2. The summed E-state index contributed by atoms with van der Waals surface area (Å²) in [4.78, 5) is 40.2. The maximum absolute atomic E-state index is 13.6. The minimum Gasteiger partial charge on any atom is -0.756 e. The third-order valence-electron chi connectivity index (χ3n) is 15.8. The van der Waals surface area contributed by atoms with Gasteiger partial charge in [-0.1, -0.05) is 318 Å². The molecule has 3 atom stereocenters. The number of quaternary nitrogens is 1. The Balaban J connectivity index is 5.14. The predicted molar refractivity (Wildman–Crippen MR) is 367 cm³/mol. The summed E-state index contributed by atoms with van der Waals surface area (Å²) in [6.45, 7) is 6.76. The molecule has 0 fully saturated rings. The summed E-state index contributed by atoms with van der Waals surface area (Å²) >= 11 is 0. The van der Waals surface area contributed by atoms with E-state index in [1.807, 2.05) is 33.3 Å². The molecule has 1 amide bonds. The lowest BCUT2D eigenvalue weighted by Crippen LogP contribution is -2.47. The van der Waals surface area contributed by atoms with Crippen molar-refractivity contribution in [1.29, 1.82) is 0 Å². The molecule has 0 aliphatic heterocycles. The Morgan fingerprint density at radius 2 is 0.753 bits per heavy atom. The smallest absolute Gasteiger partial charge is 0.306 e. The first-order valence-electron chi connectivity index (χ1n) is 35.9. The number of ether oxygens (including phenoxy) is 1. The second kappa shape index (κ2) is 64.2. The van der Waals surface area contributed by atoms with Crippen molar-refractivity contribution in [3.63, 3.8) is 0 Å². The molecule has 9 nitrogen and oxygen atoms in total. The second-order valence-corrected chi connectivity index (χ2v) is 26.8. The van der Waals surface area contributed by atoms with Gasteiger partial charge in [0.15, 0.2) is 0 Å². The molecule has 0 bridgehead atoms. The van der Waals surface area contributed by atoms with Crippen molar-refractivity contribution in [3.05, 3.63) is 85.1 Å². The number of allylic oxidation sites excluding steroid dienone is 13. The van der Waals surface area contributed by atoms with E-state index >= 15 is 0 Å². The molecule has 0 spiro atoms. The number of carbonyl (C=O) groups excluding carboxylic acids is 2. The van der Waals surface area contributed by atoms with Crippen molar-refractivity contribution in [2.75, 3.05) is 40.9 Å². The summed E-state index contributed by atoms with van der Waals surface area (Å²) < 4.78 is 30.5. The Labute approximate surface area is 526 Å². The number of likely N-dealkylation sites (N-methyl/N-ethyl adjacent to an activating group) is 1. The number of hydrogen-bond acceptors (Lipinski definition) is 7. The normalized spacial score (nSPS) is 14.0. The molecule has 0 aromatic carbocycles. The molecule has 0 heterocycles. The number of phosphoric acid groups is 1. The van der Waals surface area contributed by atoms with Gasteiger partial charge in [-0.05, 0) is 83.1 Å². The number of hydrogen-bond donors (Lipinski definition) is 1. The number of nitrogens with one attached hydrogen (secondary N) is 1. The highest BCUT2D eigenvalue weighted by Gasteiger charge is 2.27. The molecule has 0 aliphatic carbocycles. The SMILES string of the molecule is CC/C=C\C/C=C\C/C=C\C/C=C\C/C=C\C/C=C\CCCCCCCCC(=O)OC(/C=C/CCCCCCCCCCCCC)C(COP(=O)([O-])OCC[N+](C)(C)C)NC(=O)CCCCCCCCCCCCCCCCCCCCCCC. The van der Waals surface area contributed by atoms with Crippen molar-refractivity contribution in [1.82, 2.24) is 5.32 Å². The largest absolute Gasteiger partial charge is 0.756 e. The van der Waals surface area contributed by atoms with Crippen molar-refractivity contribution in [2.24, 2.45) is 0 Å². The highest BCUT2D eigenvalue weighted by Crippen LogP contribution is 2.38. The molecule has 10 heteroatoms. The van der Waals surface area contributed by atoms with Gasteiger partial charge in [0, 0.05) is 12.8 Å². The van der Waals surface area contributed by atoms with E-state index in [1.165, 1.54) is 173 Å². The third-order valence-corrected chi connectivity index (χ3v) is 16.8. The summed E-state index contributed by atoms with van der Waals surface area (Å²) in [7, 11) is 1.18. The standard InChI is InChI=1S/C75H137N2O7P/c1-7-10-13-16-19-22-25-28-30-32-34-36-37-38-39-41-43-45-47-50-53-56-59-62-65-68-75(79)84-73(66-63-60-57-54-51-48-27-24-21-18-15-12-9-3)72(71-83-85(80,81)82-70-69-77(4,5)6)76-74(78)67-64-61-58-55-52-49-46-44-42-40-35-33-31-29-26-23-20-17-14-11-8-2/h10,13,19,22,28,30,34,36,38-39,43,45,63,66,72-73H,7-9,11-12,14-18,20-21,23-27,29,31-33,35,37,40-42,44,46-62,64-65,67-71H2,1-6H3,(H-,76,78,80,81)/b13-10-,22-19-,30-28-,36-34-,39-38-,45-43-,66-63+. The van der Waals surface area contributed by atoms with Crippen LogP contribution in [-0.2, 0) is 27.9 Å². The van der Waals surface area contributed by atoms with Crippen LogP contribution in [0.25, 0.3) is 0 Å². The van der Waals surface area contributed by atoms with Gasteiger partial charge in [-0.15, -0.1) is 0 Å². The molecular weight excluding hydrogens is 1070 g/mol. The van der Waals surface area contributed by atoms with E-state index in [4.69, 9.17) is 13.8 Å². The van der Waals surface area contributed by atoms with Gasteiger partial charge < -0.3 is 28.5 Å². The van der Waals surface area contributed by atoms with Gasteiger partial charge in [0.05, 0.1) is 33.8 Å². The van der Waals surface area contributed by atoms with E-state index in [0.29, 0.717) is 23.9 Å². The fourth-order valence-electron chi connectivity index (χ4n) is 10.4. The minimum atomic E-state index is -4.71. The van der Waals surface area contributed by atoms with Gasteiger partial charge >= 0.3 is 5.97 Å². The van der Waals surface area contributed by atoms with Gasteiger partial charge in [0.25, 0.3) is 7.82 Å². The van der Waals surface area contributed by atoms with Crippen LogP contribution >= 0.6 is 7.82 Å². The van der Waals surface area contributed by atoms with Crippen LogP contribution in [0.3, 0.4) is 0 Å². The maximum Gasteiger partial charge on any atom is 0.306 e. The van der Waals surface area contributed by atoms with Crippen molar-refractivity contribution >= 4 is 19.7 Å². The molecular formula is C75H137N2O7P. The van der Waals surface area contributed by atoms with Gasteiger partial charge in [-0.3, -0.25) is 14.2 Å². The first-order chi connectivity index (χ1) is 41.4.